The van der Waals surface area contributed by atoms with Crippen molar-refractivity contribution in [1.29, 1.82) is 15.8 Å². The molecule has 2 atom stereocenters. The Bertz CT molecular complexity index is 917. The van der Waals surface area contributed by atoms with E-state index in [1.54, 1.807) is 0 Å². The van der Waals surface area contributed by atoms with Crippen molar-refractivity contribution in [3.05, 3.63) is 58.3 Å². The van der Waals surface area contributed by atoms with Gasteiger partial charge in [-0.1, -0.05) is 35.9 Å². The average molecular weight is 357 g/mol. The van der Waals surface area contributed by atoms with E-state index in [-0.39, 0.29) is 11.6 Å². The van der Waals surface area contributed by atoms with Gasteiger partial charge in [0.2, 0.25) is 0 Å². The molecule has 0 unspecified atom stereocenters. The summed E-state index contributed by atoms with van der Waals surface area (Å²) in [5, 5.41) is 29.8. The Morgan fingerprint density at radius 2 is 1.78 bits per heavy atom. The van der Waals surface area contributed by atoms with E-state index in [1.807, 2.05) is 37.3 Å². The largest absolute Gasteiger partial charge is 0.399 e. The van der Waals surface area contributed by atoms with Crippen molar-refractivity contribution in [1.82, 2.24) is 4.90 Å². The zero-order chi connectivity index (χ0) is 19.8. The Balaban J connectivity index is 2.29. The van der Waals surface area contributed by atoms with E-state index >= 15 is 0 Å². The van der Waals surface area contributed by atoms with Crippen LogP contribution in [-0.2, 0) is 0 Å². The maximum atomic E-state index is 10.0. The second kappa shape index (κ2) is 6.92. The molecule has 0 aromatic heterocycles. The molecule has 1 aliphatic carbocycles. The number of nitrogens with zero attached hydrogens (tertiary/aromatic N) is 4. The van der Waals surface area contributed by atoms with Crippen molar-refractivity contribution in [3.63, 3.8) is 0 Å². The normalized spacial score (nSPS) is 24.4. The Morgan fingerprint density at radius 3 is 2.30 bits per heavy atom. The minimum absolute atomic E-state index is 0.0843. The summed E-state index contributed by atoms with van der Waals surface area (Å²) in [6, 6.07) is 14.8. The maximum Gasteiger partial charge on any atom is 0.191 e. The molecule has 0 saturated carbocycles. The van der Waals surface area contributed by atoms with Gasteiger partial charge in [-0.05, 0) is 31.9 Å². The van der Waals surface area contributed by atoms with Crippen LogP contribution in [0.5, 0.6) is 0 Å². The zero-order valence-electron chi connectivity index (χ0n) is 15.9. The molecule has 0 amide bonds. The number of rotatable bonds is 2. The van der Waals surface area contributed by atoms with E-state index < -0.39 is 11.3 Å². The summed E-state index contributed by atoms with van der Waals surface area (Å²) >= 11 is 0. The topological polar surface area (TPSA) is 101 Å². The molecular weight excluding hydrogens is 334 g/mol. The molecule has 5 heteroatoms. The average Bonchev–Trinajstić information content (AvgIpc) is 2.67. The lowest BCUT2D eigenvalue weighted by molar-refractivity contribution is 0.174. The van der Waals surface area contributed by atoms with Crippen molar-refractivity contribution in [2.75, 3.05) is 13.1 Å². The SMILES string of the molecule is Cc1ccc([C@H]2[C@@H]3CN(C(C)C)CC=C3C(C#N)=C(N)C2(C#N)C#N)cc1. The summed E-state index contributed by atoms with van der Waals surface area (Å²) in [6.45, 7) is 7.67. The van der Waals surface area contributed by atoms with E-state index in [0.717, 1.165) is 23.2 Å². The Morgan fingerprint density at radius 1 is 1.15 bits per heavy atom. The van der Waals surface area contributed by atoms with Crippen molar-refractivity contribution < 1.29 is 0 Å². The van der Waals surface area contributed by atoms with E-state index in [4.69, 9.17) is 5.73 Å². The molecule has 1 aromatic carbocycles. The Hall–Kier alpha value is -3.07. The molecule has 27 heavy (non-hydrogen) atoms. The van der Waals surface area contributed by atoms with E-state index in [9.17, 15) is 15.8 Å². The Labute approximate surface area is 160 Å². The number of nitrogens with two attached hydrogens (primary N) is 1. The molecule has 1 heterocycles. The summed E-state index contributed by atoms with van der Waals surface area (Å²) in [6.07, 6.45) is 2.04. The van der Waals surface area contributed by atoms with Crippen LogP contribution in [0.25, 0.3) is 0 Å². The third kappa shape index (κ3) is 2.80. The smallest absolute Gasteiger partial charge is 0.191 e. The predicted molar refractivity (Wildman–Crippen MR) is 103 cm³/mol. The lowest BCUT2D eigenvalue weighted by Gasteiger charge is -2.46. The highest BCUT2D eigenvalue weighted by molar-refractivity contribution is 5.59. The third-order valence-electron chi connectivity index (χ3n) is 5.86. The highest BCUT2D eigenvalue weighted by Crippen LogP contribution is 2.54. The van der Waals surface area contributed by atoms with Crippen molar-refractivity contribution in [2.24, 2.45) is 17.1 Å². The van der Waals surface area contributed by atoms with Crippen LogP contribution in [0.1, 0.15) is 30.9 Å². The van der Waals surface area contributed by atoms with Crippen LogP contribution in [0.2, 0.25) is 0 Å². The van der Waals surface area contributed by atoms with Crippen LogP contribution >= 0.6 is 0 Å². The monoisotopic (exact) mass is 357 g/mol. The van der Waals surface area contributed by atoms with Crippen LogP contribution < -0.4 is 5.73 Å². The van der Waals surface area contributed by atoms with Gasteiger partial charge in [-0.15, -0.1) is 0 Å². The molecule has 3 rings (SSSR count). The van der Waals surface area contributed by atoms with Gasteiger partial charge in [-0.2, -0.15) is 15.8 Å². The number of aryl methyl sites for hydroxylation is 1. The number of hydrogen-bond donors (Lipinski definition) is 1. The van der Waals surface area contributed by atoms with Gasteiger partial charge in [0.15, 0.2) is 5.41 Å². The van der Waals surface area contributed by atoms with Gasteiger partial charge in [0, 0.05) is 31.0 Å². The first-order valence-electron chi connectivity index (χ1n) is 9.13. The van der Waals surface area contributed by atoms with Crippen molar-refractivity contribution in [3.8, 4) is 18.2 Å². The first-order valence-corrected chi connectivity index (χ1v) is 9.13. The van der Waals surface area contributed by atoms with Gasteiger partial charge >= 0.3 is 0 Å². The van der Waals surface area contributed by atoms with Gasteiger partial charge < -0.3 is 5.73 Å². The molecule has 0 spiro atoms. The second-order valence-electron chi connectivity index (χ2n) is 7.63. The fraction of sp³-hybridized carbons (Fsp3) is 0.409. The summed E-state index contributed by atoms with van der Waals surface area (Å²) in [4.78, 5) is 2.30. The van der Waals surface area contributed by atoms with Gasteiger partial charge in [0.05, 0.1) is 23.4 Å². The van der Waals surface area contributed by atoms with Crippen LogP contribution in [0.15, 0.2) is 47.2 Å². The summed E-state index contributed by atoms with van der Waals surface area (Å²) in [5.41, 5.74) is 8.03. The number of allylic oxidation sites excluding steroid dienone is 2. The van der Waals surface area contributed by atoms with Crippen molar-refractivity contribution in [2.45, 2.75) is 32.7 Å². The fourth-order valence-corrected chi connectivity index (χ4v) is 4.27. The van der Waals surface area contributed by atoms with Gasteiger partial charge in [-0.3, -0.25) is 4.90 Å². The molecule has 2 aliphatic rings. The quantitative estimate of drug-likeness (QED) is 0.876. The van der Waals surface area contributed by atoms with Crippen LogP contribution in [0.3, 0.4) is 0 Å². The fourth-order valence-electron chi connectivity index (χ4n) is 4.27. The molecule has 2 N–H and O–H groups in total. The molecule has 1 aromatic rings. The van der Waals surface area contributed by atoms with Crippen LogP contribution in [0, 0.1) is 52.2 Å². The number of hydrogen-bond acceptors (Lipinski definition) is 5. The van der Waals surface area contributed by atoms with E-state index in [0.29, 0.717) is 18.2 Å². The third-order valence-corrected chi connectivity index (χ3v) is 5.86. The van der Waals surface area contributed by atoms with Gasteiger partial charge in [-0.25, -0.2) is 0 Å². The van der Waals surface area contributed by atoms with Gasteiger partial charge in [0.1, 0.15) is 6.07 Å². The van der Waals surface area contributed by atoms with Crippen molar-refractivity contribution >= 4 is 0 Å². The number of nitriles is 3. The Kier molecular flexibility index (Phi) is 4.79. The lowest BCUT2D eigenvalue weighted by atomic mass is 9.58. The summed E-state index contributed by atoms with van der Waals surface area (Å²) < 4.78 is 0. The second-order valence-corrected chi connectivity index (χ2v) is 7.63. The standard InChI is InChI=1S/C22H23N5/c1-14(2)27-9-8-17-18(10-23)21(26)22(12-24,13-25)20(19(17)11-27)16-6-4-15(3)5-7-16/h4-8,14,19-20H,9,11,26H2,1-3H3/t19-,20+/m1/s1. The molecule has 0 radical (unpaired) electrons. The highest BCUT2D eigenvalue weighted by Gasteiger charge is 2.54. The first-order chi connectivity index (χ1) is 12.9. The highest BCUT2D eigenvalue weighted by atomic mass is 15.2. The van der Waals surface area contributed by atoms with Crippen LogP contribution in [0.4, 0.5) is 0 Å². The molecule has 0 bridgehead atoms. The first kappa shape index (κ1) is 18.7. The lowest BCUT2D eigenvalue weighted by Crippen LogP contribution is -2.49. The maximum absolute atomic E-state index is 10.0. The van der Waals surface area contributed by atoms with Crippen LogP contribution in [-0.4, -0.2) is 24.0 Å². The minimum Gasteiger partial charge on any atom is -0.399 e. The summed E-state index contributed by atoms with van der Waals surface area (Å²) in [5.74, 6) is -0.553. The number of benzene rings is 1. The summed E-state index contributed by atoms with van der Waals surface area (Å²) in [7, 11) is 0. The number of fused-ring (bicyclic) bond motifs is 1. The molecule has 0 fully saturated rings. The molecular formula is C22H23N5. The van der Waals surface area contributed by atoms with Gasteiger partial charge in [0.25, 0.3) is 0 Å². The zero-order valence-corrected chi connectivity index (χ0v) is 15.9. The molecule has 1 aliphatic heterocycles. The van der Waals surface area contributed by atoms with E-state index in [1.165, 1.54) is 0 Å². The molecule has 5 nitrogen and oxygen atoms in total. The minimum atomic E-state index is -1.55. The molecule has 0 saturated heterocycles. The van der Waals surface area contributed by atoms with E-state index in [2.05, 4.69) is 37.0 Å². The predicted octanol–water partition coefficient (Wildman–Crippen LogP) is 3.13. The molecule has 136 valence electrons.